The molecule has 6 aromatic carbocycles. The maximum Gasteiger partial charge on any atom is 0.164 e. The third-order valence-electron chi connectivity index (χ3n) is 10.2. The Bertz CT molecular complexity index is 2780. The number of aromatic nitrogens is 4. The molecule has 1 aliphatic carbocycles. The van der Waals surface area contributed by atoms with Crippen molar-refractivity contribution in [1.82, 2.24) is 19.9 Å². The van der Waals surface area contributed by atoms with Crippen molar-refractivity contribution in [1.29, 1.82) is 5.26 Å². The molecule has 5 heteroatoms. The van der Waals surface area contributed by atoms with Crippen LogP contribution in [0.5, 0.6) is 0 Å². The summed E-state index contributed by atoms with van der Waals surface area (Å²) in [6.07, 6.45) is 9.12. The molecule has 0 unspecified atom stereocenters. The molecule has 5 nitrogen and oxygen atoms in total. The lowest BCUT2D eigenvalue weighted by Crippen LogP contribution is -2.06. The van der Waals surface area contributed by atoms with Crippen molar-refractivity contribution in [2.24, 2.45) is 5.92 Å². The minimum absolute atomic E-state index is 0.425. The quantitative estimate of drug-likeness (QED) is 0.165. The van der Waals surface area contributed by atoms with Crippen LogP contribution in [0.25, 0.3) is 83.8 Å². The summed E-state index contributed by atoms with van der Waals surface area (Å²) in [5, 5.41) is 12.3. The molecule has 0 saturated heterocycles. The summed E-state index contributed by atoms with van der Waals surface area (Å²) in [6, 6.07) is 54.2. The van der Waals surface area contributed by atoms with E-state index in [0.29, 0.717) is 23.1 Å². The lowest BCUT2D eigenvalue weighted by molar-refractivity contribution is 0.742. The molecule has 8 aromatic rings. The van der Waals surface area contributed by atoms with Crippen LogP contribution >= 0.6 is 0 Å². The number of hydrogen-bond acceptors (Lipinski definition) is 5. The number of fused-ring (bicyclic) bond motifs is 1. The number of hydrogen-bond donors (Lipinski definition) is 0. The van der Waals surface area contributed by atoms with E-state index in [2.05, 4.69) is 127 Å². The average Bonchev–Trinajstić information content (AvgIpc) is 3.26. The van der Waals surface area contributed by atoms with Crippen LogP contribution in [-0.4, -0.2) is 19.9 Å². The Balaban J connectivity index is 1.07. The van der Waals surface area contributed by atoms with Gasteiger partial charge in [0.05, 0.1) is 17.3 Å². The topological polar surface area (TPSA) is 75.3 Å². The predicted molar refractivity (Wildman–Crippen MR) is 223 cm³/mol. The van der Waals surface area contributed by atoms with Gasteiger partial charge in [-0.25, -0.2) is 15.0 Å². The predicted octanol–water partition coefficient (Wildman–Crippen LogP) is 12.3. The minimum Gasteiger partial charge on any atom is -0.256 e. The molecule has 0 N–H and O–H groups in total. The monoisotopic (exact) mass is 705 g/mol. The molecule has 0 fully saturated rings. The summed E-state index contributed by atoms with van der Waals surface area (Å²) < 4.78 is 0. The zero-order chi connectivity index (χ0) is 37.1. The van der Waals surface area contributed by atoms with Crippen molar-refractivity contribution < 1.29 is 0 Å². The van der Waals surface area contributed by atoms with Gasteiger partial charge >= 0.3 is 0 Å². The van der Waals surface area contributed by atoms with Crippen molar-refractivity contribution in [2.75, 3.05) is 0 Å². The Morgan fingerprint density at radius 3 is 1.78 bits per heavy atom. The van der Waals surface area contributed by atoms with Crippen LogP contribution < -0.4 is 0 Å². The van der Waals surface area contributed by atoms with Gasteiger partial charge in [-0.1, -0.05) is 146 Å². The second-order valence-corrected chi connectivity index (χ2v) is 13.9. The fourth-order valence-electron chi connectivity index (χ4n) is 7.36. The van der Waals surface area contributed by atoms with E-state index in [9.17, 15) is 5.26 Å². The van der Waals surface area contributed by atoms with Crippen LogP contribution in [0.2, 0.25) is 0 Å². The molecule has 9 rings (SSSR count). The average molecular weight is 706 g/mol. The molecule has 1 atom stereocenters. The SMILES string of the molecule is C[C@H]1C=CC=C(c2nc(-c3ccccc3)nc(-c3ccc(-c4ccc(-c5cc(C#N)cc(-c6ccc(-c7ccccn7)cc6)c5)c5ccccc45)cc3)n2)C1. The van der Waals surface area contributed by atoms with E-state index in [4.69, 9.17) is 15.0 Å². The van der Waals surface area contributed by atoms with Gasteiger partial charge in [-0.2, -0.15) is 5.26 Å². The molecular weight excluding hydrogens is 671 g/mol. The lowest BCUT2D eigenvalue weighted by atomic mass is 9.90. The first-order valence-corrected chi connectivity index (χ1v) is 18.5. The van der Waals surface area contributed by atoms with Crippen LogP contribution in [0.3, 0.4) is 0 Å². The molecule has 2 heterocycles. The second-order valence-electron chi connectivity index (χ2n) is 13.9. The lowest BCUT2D eigenvalue weighted by Gasteiger charge is -2.15. The minimum atomic E-state index is 0.425. The number of nitriles is 1. The summed E-state index contributed by atoms with van der Waals surface area (Å²) >= 11 is 0. The van der Waals surface area contributed by atoms with Gasteiger partial charge in [0.2, 0.25) is 0 Å². The highest BCUT2D eigenvalue weighted by atomic mass is 15.0. The first kappa shape index (κ1) is 33.5. The molecule has 1 aliphatic rings. The Kier molecular flexibility index (Phi) is 8.91. The highest BCUT2D eigenvalue weighted by Crippen LogP contribution is 2.38. The molecule has 0 spiro atoms. The van der Waals surface area contributed by atoms with E-state index in [1.165, 1.54) is 0 Å². The van der Waals surface area contributed by atoms with Gasteiger partial charge in [-0.15, -0.1) is 0 Å². The fourth-order valence-corrected chi connectivity index (χ4v) is 7.36. The van der Waals surface area contributed by atoms with E-state index in [0.717, 1.165) is 84.4 Å². The van der Waals surface area contributed by atoms with E-state index < -0.39 is 0 Å². The summed E-state index contributed by atoms with van der Waals surface area (Å²) in [7, 11) is 0. The van der Waals surface area contributed by atoms with E-state index in [1.807, 2.05) is 60.7 Å². The number of rotatable bonds is 7. The first-order chi connectivity index (χ1) is 27.1. The van der Waals surface area contributed by atoms with Crippen molar-refractivity contribution in [3.63, 3.8) is 0 Å². The third kappa shape index (κ3) is 6.85. The molecule has 0 amide bonds. The molecule has 55 heavy (non-hydrogen) atoms. The largest absolute Gasteiger partial charge is 0.256 e. The van der Waals surface area contributed by atoms with Gasteiger partial charge in [0, 0.05) is 22.9 Å². The van der Waals surface area contributed by atoms with E-state index in [1.54, 1.807) is 6.20 Å². The van der Waals surface area contributed by atoms with Crippen LogP contribution in [0, 0.1) is 17.2 Å². The van der Waals surface area contributed by atoms with Crippen LogP contribution in [0.15, 0.2) is 176 Å². The van der Waals surface area contributed by atoms with Crippen LogP contribution in [0.4, 0.5) is 0 Å². The van der Waals surface area contributed by atoms with E-state index in [-0.39, 0.29) is 0 Å². The number of nitrogens with zero attached hydrogens (tertiary/aromatic N) is 5. The number of allylic oxidation sites excluding steroid dienone is 4. The van der Waals surface area contributed by atoms with Gasteiger partial charge in [0.1, 0.15) is 0 Å². The first-order valence-electron chi connectivity index (χ1n) is 18.5. The molecule has 2 aromatic heterocycles. The maximum absolute atomic E-state index is 10.1. The third-order valence-corrected chi connectivity index (χ3v) is 10.2. The summed E-state index contributed by atoms with van der Waals surface area (Å²) in [4.78, 5) is 19.4. The molecule has 0 saturated carbocycles. The van der Waals surface area contributed by atoms with Gasteiger partial charge in [-0.05, 0) is 92.4 Å². The Hall–Kier alpha value is -7.29. The van der Waals surface area contributed by atoms with Crippen molar-refractivity contribution >= 4 is 16.3 Å². The Morgan fingerprint density at radius 1 is 0.527 bits per heavy atom. The smallest absolute Gasteiger partial charge is 0.164 e. The maximum atomic E-state index is 10.1. The summed E-state index contributed by atoms with van der Waals surface area (Å²) in [5.41, 5.74) is 11.9. The Morgan fingerprint density at radius 2 is 1.11 bits per heavy atom. The van der Waals surface area contributed by atoms with Crippen molar-refractivity contribution in [3.8, 4) is 73.5 Å². The van der Waals surface area contributed by atoms with Crippen molar-refractivity contribution in [3.05, 3.63) is 187 Å². The van der Waals surface area contributed by atoms with Gasteiger partial charge in [0.25, 0.3) is 0 Å². The molecule has 0 radical (unpaired) electrons. The highest BCUT2D eigenvalue weighted by molar-refractivity contribution is 6.05. The van der Waals surface area contributed by atoms with Gasteiger partial charge in [0.15, 0.2) is 17.5 Å². The van der Waals surface area contributed by atoms with Gasteiger partial charge < -0.3 is 0 Å². The highest BCUT2D eigenvalue weighted by Gasteiger charge is 2.17. The van der Waals surface area contributed by atoms with Gasteiger partial charge in [-0.3, -0.25) is 4.98 Å². The van der Waals surface area contributed by atoms with Crippen LogP contribution in [0.1, 0.15) is 24.7 Å². The standard InChI is InChI=1S/C50H35N5/c1-33-10-9-13-40(28-33)50-54-48(38-11-3-2-4-12-38)53-49(55-50)39-23-19-36(20-24-39)43-25-26-44(46-15-6-5-14-45(43)46)42-30-34(32-51)29-41(31-42)35-17-21-37(22-18-35)47-16-7-8-27-52-47/h2-27,29-31,33H,28H2,1H3/t33-/m0/s1. The fraction of sp³-hybridized carbons (Fsp3) is 0.0600. The molecular formula is C50H35N5. The second kappa shape index (κ2) is 14.6. The zero-order valence-electron chi connectivity index (χ0n) is 30.3. The summed E-state index contributed by atoms with van der Waals surface area (Å²) in [5.74, 6) is 2.46. The molecule has 0 aliphatic heterocycles. The number of benzene rings is 6. The Labute approximate surface area is 320 Å². The zero-order valence-corrected chi connectivity index (χ0v) is 30.3. The van der Waals surface area contributed by atoms with Crippen LogP contribution in [-0.2, 0) is 0 Å². The molecule has 0 bridgehead atoms. The normalized spacial score (nSPS) is 13.7. The van der Waals surface area contributed by atoms with Crippen molar-refractivity contribution in [2.45, 2.75) is 13.3 Å². The number of pyridine rings is 1. The van der Waals surface area contributed by atoms with E-state index >= 15 is 0 Å². The molecule has 260 valence electrons. The summed E-state index contributed by atoms with van der Waals surface area (Å²) in [6.45, 7) is 2.21.